The molecule has 2 heterocycles. The Bertz CT molecular complexity index is 981. The van der Waals surface area contributed by atoms with Crippen LogP contribution < -0.4 is 5.43 Å². The first-order valence-corrected chi connectivity index (χ1v) is 8.56. The van der Waals surface area contributed by atoms with Gasteiger partial charge >= 0.3 is 5.97 Å². The minimum atomic E-state index is -1.27. The molecule has 0 aliphatic carbocycles. The molecule has 0 atom stereocenters. The number of carbonyl (C=O) groups is 1. The molecule has 0 saturated heterocycles. The second-order valence-corrected chi connectivity index (χ2v) is 5.93. The van der Waals surface area contributed by atoms with E-state index in [0.717, 1.165) is 12.1 Å². The third-order valence-electron chi connectivity index (χ3n) is 3.76. The van der Waals surface area contributed by atoms with Gasteiger partial charge in [-0.05, 0) is 30.4 Å². The van der Waals surface area contributed by atoms with E-state index in [1.54, 1.807) is 4.57 Å². The van der Waals surface area contributed by atoms with E-state index in [-0.39, 0.29) is 10.9 Å². The molecule has 1 aromatic carbocycles. The van der Waals surface area contributed by atoms with E-state index >= 15 is 0 Å². The zero-order valence-corrected chi connectivity index (χ0v) is 14.0. The van der Waals surface area contributed by atoms with Gasteiger partial charge < -0.3 is 9.67 Å². The molecule has 2 aromatic heterocycles. The van der Waals surface area contributed by atoms with E-state index in [1.165, 1.54) is 29.7 Å². The highest BCUT2D eigenvalue weighted by atomic mass is 32.2. The number of carboxylic acid groups (broad SMARTS) is 1. The lowest BCUT2D eigenvalue weighted by molar-refractivity contribution is 0.0695. The lowest BCUT2D eigenvalue weighted by atomic mass is 10.1. The Balaban J connectivity index is 2.36. The molecule has 0 amide bonds. The number of aromatic carboxylic acids is 1. The van der Waals surface area contributed by atoms with Crippen molar-refractivity contribution in [3.63, 3.8) is 0 Å². The molecule has 1 N–H and O–H groups in total. The molecular weight excluding hydrogens is 326 g/mol. The van der Waals surface area contributed by atoms with Crippen molar-refractivity contribution >= 4 is 28.8 Å². The van der Waals surface area contributed by atoms with E-state index in [1.807, 2.05) is 30.5 Å². The van der Waals surface area contributed by atoms with Crippen LogP contribution in [0.1, 0.15) is 22.8 Å². The Hall–Kier alpha value is -2.67. The van der Waals surface area contributed by atoms with Gasteiger partial charge in [0.05, 0.1) is 5.39 Å². The lowest BCUT2D eigenvalue weighted by Crippen LogP contribution is -2.19. The number of carboxylic acids is 1. The van der Waals surface area contributed by atoms with Gasteiger partial charge in [-0.15, -0.1) is 0 Å². The van der Waals surface area contributed by atoms with Crippen LogP contribution in [0.3, 0.4) is 0 Å². The molecule has 0 spiro atoms. The number of pyridine rings is 1. The van der Waals surface area contributed by atoms with Gasteiger partial charge in [-0.2, -0.15) is 0 Å². The Morgan fingerprint density at radius 2 is 2.00 bits per heavy atom. The molecule has 0 bridgehead atoms. The minimum Gasteiger partial charge on any atom is -0.477 e. The number of fused-ring (bicyclic) bond motifs is 1. The van der Waals surface area contributed by atoms with Crippen molar-refractivity contribution in [1.82, 2.24) is 14.5 Å². The summed E-state index contributed by atoms with van der Waals surface area (Å²) in [6.45, 7) is 2.06. The monoisotopic (exact) mass is 341 g/mol. The lowest BCUT2D eigenvalue weighted by Gasteiger charge is -2.12. The molecule has 0 saturated carbocycles. The van der Waals surface area contributed by atoms with E-state index in [4.69, 9.17) is 0 Å². The first-order chi connectivity index (χ1) is 11.5. The molecule has 0 unspecified atom stereocenters. The topological polar surface area (TPSA) is 85.1 Å². The number of nitrogens with zero attached hydrogens (tertiary/aromatic N) is 3. The van der Waals surface area contributed by atoms with Crippen LogP contribution in [0.5, 0.6) is 0 Å². The van der Waals surface area contributed by atoms with E-state index < -0.39 is 11.4 Å². The molecule has 0 aliphatic rings. The van der Waals surface area contributed by atoms with Crippen LogP contribution in [0.4, 0.5) is 0 Å². The van der Waals surface area contributed by atoms with Crippen molar-refractivity contribution in [2.24, 2.45) is 0 Å². The van der Waals surface area contributed by atoms with Crippen LogP contribution in [0.25, 0.3) is 16.7 Å². The van der Waals surface area contributed by atoms with Gasteiger partial charge in [-0.1, -0.05) is 30.8 Å². The summed E-state index contributed by atoms with van der Waals surface area (Å²) in [6, 6.07) is 7.71. The molecule has 3 aromatic rings. The molecule has 24 heavy (non-hydrogen) atoms. The largest absolute Gasteiger partial charge is 0.477 e. The SMILES string of the molecule is CCc1ccc(-n2cc(C(=O)O)c(=O)c3cnc(SC)nc32)cc1. The van der Waals surface area contributed by atoms with Gasteiger partial charge in [0.1, 0.15) is 5.56 Å². The number of thioether (sulfide) groups is 1. The highest BCUT2D eigenvalue weighted by Crippen LogP contribution is 2.19. The van der Waals surface area contributed by atoms with Crippen molar-refractivity contribution in [2.75, 3.05) is 6.26 Å². The number of benzene rings is 1. The fourth-order valence-corrected chi connectivity index (χ4v) is 2.77. The van der Waals surface area contributed by atoms with Crippen molar-refractivity contribution in [2.45, 2.75) is 18.5 Å². The van der Waals surface area contributed by atoms with E-state index in [0.29, 0.717) is 10.8 Å². The summed E-state index contributed by atoms with van der Waals surface area (Å²) in [7, 11) is 0. The maximum atomic E-state index is 12.4. The second kappa shape index (κ2) is 6.45. The maximum absolute atomic E-state index is 12.4. The normalized spacial score (nSPS) is 10.9. The third-order valence-corrected chi connectivity index (χ3v) is 4.32. The first-order valence-electron chi connectivity index (χ1n) is 7.34. The molecule has 0 radical (unpaired) electrons. The number of rotatable bonds is 4. The Morgan fingerprint density at radius 3 is 2.58 bits per heavy atom. The van der Waals surface area contributed by atoms with Crippen LogP contribution in [0.15, 0.2) is 46.6 Å². The van der Waals surface area contributed by atoms with Crippen molar-refractivity contribution in [3.05, 3.63) is 58.0 Å². The predicted octanol–water partition coefficient (Wildman–Crippen LogP) is 2.76. The summed E-state index contributed by atoms with van der Waals surface area (Å²) in [5.74, 6) is -1.27. The van der Waals surface area contributed by atoms with Crippen molar-refractivity contribution in [1.29, 1.82) is 0 Å². The quantitative estimate of drug-likeness (QED) is 0.580. The van der Waals surface area contributed by atoms with Crippen LogP contribution in [0.2, 0.25) is 0 Å². The fraction of sp³-hybridized carbons (Fsp3) is 0.176. The molecule has 3 rings (SSSR count). The van der Waals surface area contributed by atoms with Gasteiger partial charge in [0.15, 0.2) is 10.8 Å². The average molecular weight is 341 g/mol. The summed E-state index contributed by atoms with van der Waals surface area (Å²) in [6.07, 6.45) is 5.46. The van der Waals surface area contributed by atoms with Gasteiger partial charge in [0.25, 0.3) is 0 Å². The van der Waals surface area contributed by atoms with Crippen molar-refractivity contribution in [3.8, 4) is 5.69 Å². The number of aryl methyl sites for hydroxylation is 1. The molecule has 0 aliphatic heterocycles. The minimum absolute atomic E-state index is 0.187. The zero-order valence-electron chi connectivity index (χ0n) is 13.2. The first kappa shape index (κ1) is 16.2. The Kier molecular flexibility index (Phi) is 4.35. The standard InChI is InChI=1S/C17H15N3O3S/c1-3-10-4-6-11(7-5-10)20-9-13(16(22)23)14(21)12-8-18-17(24-2)19-15(12)20/h4-9H,3H2,1-2H3,(H,22,23). The van der Waals surface area contributed by atoms with Crippen LogP contribution in [-0.4, -0.2) is 31.9 Å². The molecule has 0 fully saturated rings. The smallest absolute Gasteiger partial charge is 0.341 e. The highest BCUT2D eigenvalue weighted by molar-refractivity contribution is 7.98. The summed E-state index contributed by atoms with van der Waals surface area (Å²) >= 11 is 1.36. The maximum Gasteiger partial charge on any atom is 0.341 e. The summed E-state index contributed by atoms with van der Waals surface area (Å²) < 4.78 is 1.63. The fourth-order valence-electron chi connectivity index (χ4n) is 2.43. The van der Waals surface area contributed by atoms with E-state index in [2.05, 4.69) is 16.9 Å². The Labute approximate surface area is 142 Å². The van der Waals surface area contributed by atoms with Crippen molar-refractivity contribution < 1.29 is 9.90 Å². The number of aromatic nitrogens is 3. The van der Waals surface area contributed by atoms with Gasteiger partial charge in [0, 0.05) is 18.1 Å². The summed E-state index contributed by atoms with van der Waals surface area (Å²) in [4.78, 5) is 32.3. The van der Waals surface area contributed by atoms with Gasteiger partial charge in [-0.3, -0.25) is 4.79 Å². The van der Waals surface area contributed by atoms with Gasteiger partial charge in [-0.25, -0.2) is 14.8 Å². The third kappa shape index (κ3) is 2.78. The van der Waals surface area contributed by atoms with Gasteiger partial charge in [0.2, 0.25) is 5.43 Å². The molecular formula is C17H15N3O3S. The van der Waals surface area contributed by atoms with Crippen LogP contribution in [0, 0.1) is 0 Å². The second-order valence-electron chi connectivity index (χ2n) is 5.16. The molecule has 7 heteroatoms. The molecule has 122 valence electrons. The predicted molar refractivity (Wildman–Crippen MR) is 93.3 cm³/mol. The number of hydrogen-bond donors (Lipinski definition) is 1. The van der Waals surface area contributed by atoms with E-state index in [9.17, 15) is 14.7 Å². The molecule has 6 nitrogen and oxygen atoms in total. The highest BCUT2D eigenvalue weighted by Gasteiger charge is 2.17. The number of hydrogen-bond acceptors (Lipinski definition) is 5. The summed E-state index contributed by atoms with van der Waals surface area (Å²) in [5, 5.41) is 10.0. The van der Waals surface area contributed by atoms with Crippen LogP contribution >= 0.6 is 11.8 Å². The zero-order chi connectivity index (χ0) is 17.3. The van der Waals surface area contributed by atoms with Crippen LogP contribution in [-0.2, 0) is 6.42 Å². The average Bonchev–Trinajstić information content (AvgIpc) is 2.61. The Morgan fingerprint density at radius 1 is 1.29 bits per heavy atom. The summed E-state index contributed by atoms with van der Waals surface area (Å²) in [5.41, 5.74) is 1.43.